The van der Waals surface area contributed by atoms with Crippen LogP contribution in [0.3, 0.4) is 0 Å². The molecule has 1 N–H and O–H groups in total. The standard InChI is InChI=1S/C24H22FN5O/c25-20-6-2-1-4-19(20)16-29-10-12-30(13-11-29)24(31)17-7-8-21-22(14-17)28-23(27-21)18-5-3-9-26-15-18/h1-9,14-15H,10-13,16H2,(H,27,28). The molecule has 0 radical (unpaired) electrons. The molecule has 1 aliphatic heterocycles. The van der Waals surface area contributed by atoms with Crippen LogP contribution >= 0.6 is 0 Å². The van der Waals surface area contributed by atoms with Gasteiger partial charge in [-0.15, -0.1) is 0 Å². The normalized spacial score (nSPS) is 14.8. The van der Waals surface area contributed by atoms with Crippen molar-refractivity contribution in [3.8, 4) is 11.4 Å². The third-order valence-electron chi connectivity index (χ3n) is 5.68. The second kappa shape index (κ2) is 8.28. The van der Waals surface area contributed by atoms with Crippen LogP contribution < -0.4 is 0 Å². The molecule has 1 aliphatic rings. The topological polar surface area (TPSA) is 65.1 Å². The van der Waals surface area contributed by atoms with E-state index in [4.69, 9.17) is 0 Å². The smallest absolute Gasteiger partial charge is 0.254 e. The Morgan fingerprint density at radius 2 is 1.87 bits per heavy atom. The largest absolute Gasteiger partial charge is 0.338 e. The summed E-state index contributed by atoms with van der Waals surface area (Å²) in [7, 11) is 0. The van der Waals surface area contributed by atoms with Gasteiger partial charge in [0.05, 0.1) is 11.0 Å². The molecule has 156 valence electrons. The highest BCUT2D eigenvalue weighted by atomic mass is 19.1. The van der Waals surface area contributed by atoms with Crippen LogP contribution in [-0.4, -0.2) is 56.8 Å². The molecule has 2 aromatic carbocycles. The average Bonchev–Trinajstić information content (AvgIpc) is 3.25. The number of imidazole rings is 1. The number of rotatable bonds is 4. The van der Waals surface area contributed by atoms with E-state index in [2.05, 4.69) is 19.9 Å². The second-order valence-electron chi connectivity index (χ2n) is 7.72. The Morgan fingerprint density at radius 3 is 2.65 bits per heavy atom. The molecule has 7 heteroatoms. The fourth-order valence-electron chi connectivity index (χ4n) is 3.94. The maximum atomic E-state index is 13.9. The number of H-pyrrole nitrogens is 1. The van der Waals surface area contributed by atoms with Crippen molar-refractivity contribution in [1.82, 2.24) is 24.8 Å². The molecule has 0 spiro atoms. The first kappa shape index (κ1) is 19.4. The van der Waals surface area contributed by atoms with E-state index in [1.54, 1.807) is 18.5 Å². The van der Waals surface area contributed by atoms with E-state index >= 15 is 0 Å². The molecule has 4 aromatic rings. The minimum absolute atomic E-state index is 0.00460. The maximum absolute atomic E-state index is 13.9. The second-order valence-corrected chi connectivity index (χ2v) is 7.72. The molecule has 5 rings (SSSR count). The molecule has 1 fully saturated rings. The van der Waals surface area contributed by atoms with Gasteiger partial charge in [-0.05, 0) is 36.4 Å². The quantitative estimate of drug-likeness (QED) is 0.552. The molecule has 0 aliphatic carbocycles. The Bertz CT molecular complexity index is 1220. The number of pyridine rings is 1. The molecule has 1 amide bonds. The summed E-state index contributed by atoms with van der Waals surface area (Å²) < 4.78 is 13.9. The number of hydrogen-bond acceptors (Lipinski definition) is 4. The van der Waals surface area contributed by atoms with Gasteiger partial charge >= 0.3 is 0 Å². The summed E-state index contributed by atoms with van der Waals surface area (Å²) in [6.45, 7) is 3.24. The molecule has 2 aromatic heterocycles. The van der Waals surface area contributed by atoms with Gasteiger partial charge in [-0.3, -0.25) is 14.7 Å². The van der Waals surface area contributed by atoms with Crippen molar-refractivity contribution in [2.24, 2.45) is 0 Å². The number of carbonyl (C=O) groups excluding carboxylic acids is 1. The van der Waals surface area contributed by atoms with Crippen molar-refractivity contribution >= 4 is 16.9 Å². The lowest BCUT2D eigenvalue weighted by molar-refractivity contribution is 0.0627. The number of hydrogen-bond donors (Lipinski definition) is 1. The number of aromatic amines is 1. The first-order chi connectivity index (χ1) is 15.2. The first-order valence-corrected chi connectivity index (χ1v) is 10.3. The van der Waals surface area contributed by atoms with Crippen molar-refractivity contribution in [1.29, 1.82) is 0 Å². The zero-order chi connectivity index (χ0) is 21.2. The summed E-state index contributed by atoms with van der Waals surface area (Å²) in [4.78, 5) is 29.1. The van der Waals surface area contributed by atoms with E-state index in [-0.39, 0.29) is 11.7 Å². The zero-order valence-electron chi connectivity index (χ0n) is 17.0. The molecular weight excluding hydrogens is 393 g/mol. The number of piperazine rings is 1. The summed E-state index contributed by atoms with van der Waals surface area (Å²) >= 11 is 0. The number of aromatic nitrogens is 3. The van der Waals surface area contributed by atoms with Crippen LogP contribution in [0.15, 0.2) is 67.0 Å². The van der Waals surface area contributed by atoms with Gasteiger partial charge in [-0.25, -0.2) is 9.37 Å². The monoisotopic (exact) mass is 415 g/mol. The fraction of sp³-hybridized carbons (Fsp3) is 0.208. The minimum Gasteiger partial charge on any atom is -0.338 e. The highest BCUT2D eigenvalue weighted by Crippen LogP contribution is 2.22. The van der Waals surface area contributed by atoms with Gasteiger partial charge in [0.25, 0.3) is 5.91 Å². The number of fused-ring (bicyclic) bond motifs is 1. The third-order valence-corrected chi connectivity index (χ3v) is 5.68. The molecule has 0 bridgehead atoms. The molecule has 0 unspecified atom stereocenters. The van der Waals surface area contributed by atoms with Gasteiger partial charge in [0.15, 0.2) is 0 Å². The van der Waals surface area contributed by atoms with Gasteiger partial charge in [0.1, 0.15) is 11.6 Å². The Kier molecular flexibility index (Phi) is 5.18. The summed E-state index contributed by atoms with van der Waals surface area (Å²) in [5, 5.41) is 0. The Labute approximate surface area is 179 Å². The van der Waals surface area contributed by atoms with Crippen LogP contribution in [-0.2, 0) is 6.54 Å². The van der Waals surface area contributed by atoms with E-state index in [9.17, 15) is 9.18 Å². The van der Waals surface area contributed by atoms with Crippen LogP contribution in [0.5, 0.6) is 0 Å². The average molecular weight is 415 g/mol. The van der Waals surface area contributed by atoms with Gasteiger partial charge < -0.3 is 9.88 Å². The molecule has 1 saturated heterocycles. The highest BCUT2D eigenvalue weighted by molar-refractivity contribution is 5.97. The summed E-state index contributed by atoms with van der Waals surface area (Å²) in [5.74, 6) is 0.555. The number of carbonyl (C=O) groups is 1. The van der Waals surface area contributed by atoms with Crippen molar-refractivity contribution in [2.45, 2.75) is 6.54 Å². The van der Waals surface area contributed by atoms with Gasteiger partial charge in [0, 0.05) is 61.8 Å². The number of amides is 1. The van der Waals surface area contributed by atoms with Crippen LogP contribution in [0, 0.1) is 5.82 Å². The van der Waals surface area contributed by atoms with Gasteiger partial charge in [0.2, 0.25) is 0 Å². The van der Waals surface area contributed by atoms with Crippen molar-refractivity contribution < 1.29 is 9.18 Å². The number of nitrogens with zero attached hydrogens (tertiary/aromatic N) is 4. The lowest BCUT2D eigenvalue weighted by Gasteiger charge is -2.34. The van der Waals surface area contributed by atoms with Crippen molar-refractivity contribution in [3.05, 3.63) is 83.9 Å². The highest BCUT2D eigenvalue weighted by Gasteiger charge is 2.23. The van der Waals surface area contributed by atoms with Crippen LogP contribution in [0.2, 0.25) is 0 Å². The Morgan fingerprint density at radius 1 is 1.03 bits per heavy atom. The van der Waals surface area contributed by atoms with E-state index in [0.29, 0.717) is 30.8 Å². The van der Waals surface area contributed by atoms with Crippen molar-refractivity contribution in [2.75, 3.05) is 26.2 Å². The van der Waals surface area contributed by atoms with E-state index < -0.39 is 0 Å². The molecule has 0 saturated carbocycles. The van der Waals surface area contributed by atoms with Gasteiger partial charge in [-0.1, -0.05) is 18.2 Å². The molecule has 31 heavy (non-hydrogen) atoms. The summed E-state index contributed by atoms with van der Waals surface area (Å²) in [6, 6.07) is 16.2. The van der Waals surface area contributed by atoms with E-state index in [0.717, 1.165) is 35.5 Å². The van der Waals surface area contributed by atoms with Crippen molar-refractivity contribution in [3.63, 3.8) is 0 Å². The molecule has 3 heterocycles. The molecule has 6 nitrogen and oxygen atoms in total. The number of halogens is 1. The third kappa shape index (κ3) is 4.04. The number of nitrogens with one attached hydrogen (secondary N) is 1. The van der Waals surface area contributed by atoms with Crippen LogP contribution in [0.25, 0.3) is 22.4 Å². The number of benzene rings is 2. The Balaban J connectivity index is 1.27. The summed E-state index contributed by atoms with van der Waals surface area (Å²) in [6.07, 6.45) is 3.48. The lowest BCUT2D eigenvalue weighted by atomic mass is 10.1. The minimum atomic E-state index is -0.181. The predicted molar refractivity (Wildman–Crippen MR) is 117 cm³/mol. The van der Waals surface area contributed by atoms with Gasteiger partial charge in [-0.2, -0.15) is 0 Å². The zero-order valence-corrected chi connectivity index (χ0v) is 17.0. The fourth-order valence-corrected chi connectivity index (χ4v) is 3.94. The molecule has 0 atom stereocenters. The van der Waals surface area contributed by atoms with Crippen LogP contribution in [0.4, 0.5) is 4.39 Å². The SMILES string of the molecule is O=C(c1ccc2nc(-c3cccnc3)[nH]c2c1)N1CCN(Cc2ccccc2F)CC1. The Hall–Kier alpha value is -3.58. The maximum Gasteiger partial charge on any atom is 0.254 e. The molecular formula is C24H22FN5O. The van der Waals surface area contributed by atoms with E-state index in [1.807, 2.05) is 47.4 Å². The summed E-state index contributed by atoms with van der Waals surface area (Å²) in [5.41, 5.74) is 3.86. The van der Waals surface area contributed by atoms with E-state index in [1.165, 1.54) is 6.07 Å². The van der Waals surface area contributed by atoms with Crippen LogP contribution in [0.1, 0.15) is 15.9 Å². The predicted octanol–water partition coefficient (Wildman–Crippen LogP) is 3.72. The first-order valence-electron chi connectivity index (χ1n) is 10.3. The lowest BCUT2D eigenvalue weighted by Crippen LogP contribution is -2.48.